The van der Waals surface area contributed by atoms with Crippen LogP contribution in [0.3, 0.4) is 0 Å². The van der Waals surface area contributed by atoms with E-state index in [0.717, 1.165) is 6.07 Å². The lowest BCUT2D eigenvalue weighted by atomic mass is 10.1. The molecule has 1 amide bonds. The van der Waals surface area contributed by atoms with Crippen LogP contribution in [0, 0.1) is 10.1 Å². The van der Waals surface area contributed by atoms with Gasteiger partial charge in [0.1, 0.15) is 5.56 Å². The summed E-state index contributed by atoms with van der Waals surface area (Å²) in [5.41, 5.74) is 1.89. The zero-order valence-electron chi connectivity index (χ0n) is 10.2. The molecular formula is C9H13N5O5S. The van der Waals surface area contributed by atoms with Crippen LogP contribution in [0.2, 0.25) is 0 Å². The minimum atomic E-state index is -3.72. The van der Waals surface area contributed by atoms with E-state index in [4.69, 9.17) is 11.0 Å². The summed E-state index contributed by atoms with van der Waals surface area (Å²) in [4.78, 5) is 21.9. The zero-order chi connectivity index (χ0) is 15.3. The Morgan fingerprint density at radius 1 is 1.40 bits per heavy atom. The molecule has 0 atom stereocenters. The number of sulfonamides is 1. The predicted octanol–water partition coefficient (Wildman–Crippen LogP) is -1.10. The van der Waals surface area contributed by atoms with E-state index < -0.39 is 32.3 Å². The Balaban J connectivity index is 2.93. The van der Waals surface area contributed by atoms with Crippen molar-refractivity contribution in [3.8, 4) is 0 Å². The molecule has 0 aliphatic rings. The first-order chi connectivity index (χ1) is 9.24. The first-order valence-corrected chi connectivity index (χ1v) is 7.00. The van der Waals surface area contributed by atoms with E-state index in [-0.39, 0.29) is 12.1 Å². The number of hydrazine groups is 1. The van der Waals surface area contributed by atoms with E-state index in [1.165, 1.54) is 12.1 Å². The van der Waals surface area contributed by atoms with E-state index in [1.54, 1.807) is 0 Å². The first kappa shape index (κ1) is 15.8. The molecule has 0 radical (unpaired) electrons. The number of nitro groups is 1. The van der Waals surface area contributed by atoms with Gasteiger partial charge in [-0.15, -0.1) is 0 Å². The van der Waals surface area contributed by atoms with Gasteiger partial charge in [-0.1, -0.05) is 0 Å². The summed E-state index contributed by atoms with van der Waals surface area (Å²) < 4.78 is 21.4. The summed E-state index contributed by atoms with van der Waals surface area (Å²) in [6.07, 6.45) is 0. The van der Waals surface area contributed by atoms with Crippen molar-refractivity contribution < 1.29 is 18.1 Å². The molecule has 110 valence electrons. The molecular weight excluding hydrogens is 290 g/mol. The predicted molar refractivity (Wildman–Crippen MR) is 71.2 cm³/mol. The second-order valence-corrected chi connectivity index (χ2v) is 5.49. The van der Waals surface area contributed by atoms with Crippen LogP contribution in [0.4, 0.5) is 11.4 Å². The van der Waals surface area contributed by atoms with Crippen LogP contribution >= 0.6 is 0 Å². The summed E-state index contributed by atoms with van der Waals surface area (Å²) in [6.45, 7) is -0.255. The highest BCUT2D eigenvalue weighted by atomic mass is 32.2. The van der Waals surface area contributed by atoms with E-state index >= 15 is 0 Å². The molecule has 0 saturated heterocycles. The number of nitrogen functional groups attached to an aromatic ring is 1. The number of rotatable bonds is 6. The van der Waals surface area contributed by atoms with Crippen LogP contribution in [0.1, 0.15) is 10.4 Å². The van der Waals surface area contributed by atoms with Crippen molar-refractivity contribution in [1.82, 2.24) is 5.32 Å². The molecule has 10 nitrogen and oxygen atoms in total. The van der Waals surface area contributed by atoms with Gasteiger partial charge < -0.3 is 10.7 Å². The Hall–Kier alpha value is -2.24. The van der Waals surface area contributed by atoms with Crippen molar-refractivity contribution in [1.29, 1.82) is 0 Å². The summed E-state index contributed by atoms with van der Waals surface area (Å²) >= 11 is 0. The van der Waals surface area contributed by atoms with E-state index in [1.807, 2.05) is 0 Å². The minimum Gasteiger partial charge on any atom is -0.351 e. The molecule has 0 fully saturated rings. The monoisotopic (exact) mass is 303 g/mol. The molecule has 0 heterocycles. The van der Waals surface area contributed by atoms with E-state index in [9.17, 15) is 23.3 Å². The Morgan fingerprint density at radius 3 is 2.55 bits per heavy atom. The summed E-state index contributed by atoms with van der Waals surface area (Å²) in [5.74, 6) is 3.89. The molecule has 0 unspecified atom stereocenters. The van der Waals surface area contributed by atoms with Crippen LogP contribution < -0.4 is 21.7 Å². The molecule has 6 N–H and O–H groups in total. The SMILES string of the molecule is NNc1ccc([N+](=O)[O-])c(C(=O)NCCS(N)(=O)=O)c1. The number of nitro benzene ring substituents is 1. The molecule has 0 aliphatic carbocycles. The molecule has 1 rings (SSSR count). The molecule has 0 saturated carbocycles. The van der Waals surface area contributed by atoms with E-state index in [2.05, 4.69) is 10.7 Å². The quantitative estimate of drug-likeness (QED) is 0.293. The maximum Gasteiger partial charge on any atom is 0.282 e. The van der Waals surface area contributed by atoms with Gasteiger partial charge in [0.15, 0.2) is 0 Å². The molecule has 1 aromatic carbocycles. The molecule has 0 aliphatic heterocycles. The highest BCUT2D eigenvalue weighted by molar-refractivity contribution is 7.89. The Morgan fingerprint density at radius 2 is 2.05 bits per heavy atom. The van der Waals surface area contributed by atoms with E-state index in [0.29, 0.717) is 5.69 Å². The van der Waals surface area contributed by atoms with Gasteiger partial charge >= 0.3 is 0 Å². The summed E-state index contributed by atoms with van der Waals surface area (Å²) in [6, 6.07) is 3.63. The highest BCUT2D eigenvalue weighted by Crippen LogP contribution is 2.22. The number of primary sulfonamides is 1. The molecule has 1 aromatic rings. The third kappa shape index (κ3) is 4.46. The van der Waals surface area contributed by atoms with Crippen LogP contribution in [-0.2, 0) is 10.0 Å². The number of nitrogens with two attached hydrogens (primary N) is 2. The number of hydrogen-bond donors (Lipinski definition) is 4. The van der Waals surface area contributed by atoms with Crippen molar-refractivity contribution in [2.45, 2.75) is 0 Å². The van der Waals surface area contributed by atoms with Gasteiger partial charge in [0, 0.05) is 18.3 Å². The lowest BCUT2D eigenvalue weighted by molar-refractivity contribution is -0.385. The number of amides is 1. The van der Waals surface area contributed by atoms with Gasteiger partial charge in [0.2, 0.25) is 10.0 Å². The van der Waals surface area contributed by atoms with Gasteiger partial charge in [-0.05, 0) is 12.1 Å². The lowest BCUT2D eigenvalue weighted by Gasteiger charge is -2.07. The van der Waals surface area contributed by atoms with Gasteiger partial charge in [-0.3, -0.25) is 20.8 Å². The van der Waals surface area contributed by atoms with Crippen LogP contribution in [0.5, 0.6) is 0 Å². The van der Waals surface area contributed by atoms with Gasteiger partial charge in [0.05, 0.1) is 10.7 Å². The van der Waals surface area contributed by atoms with Gasteiger partial charge in [-0.25, -0.2) is 13.6 Å². The third-order valence-electron chi connectivity index (χ3n) is 2.28. The topological polar surface area (TPSA) is 170 Å². The van der Waals surface area contributed by atoms with Crippen LogP contribution in [0.25, 0.3) is 0 Å². The molecule has 0 aromatic heterocycles. The highest BCUT2D eigenvalue weighted by Gasteiger charge is 2.20. The minimum absolute atomic E-state index is 0.236. The lowest BCUT2D eigenvalue weighted by Crippen LogP contribution is -2.31. The second-order valence-electron chi connectivity index (χ2n) is 3.76. The number of nitrogens with zero attached hydrogens (tertiary/aromatic N) is 1. The summed E-state index contributed by atoms with van der Waals surface area (Å²) in [5, 5.41) is 17.8. The Labute approximate surface area is 114 Å². The average molecular weight is 303 g/mol. The fraction of sp³-hybridized carbons (Fsp3) is 0.222. The normalized spacial score (nSPS) is 10.9. The molecule has 0 bridgehead atoms. The van der Waals surface area contributed by atoms with Crippen molar-refractivity contribution >= 4 is 27.3 Å². The fourth-order valence-electron chi connectivity index (χ4n) is 1.37. The second kappa shape index (κ2) is 6.27. The number of carbonyl (C=O) groups is 1. The smallest absolute Gasteiger partial charge is 0.282 e. The first-order valence-electron chi connectivity index (χ1n) is 5.28. The maximum absolute atomic E-state index is 11.8. The third-order valence-corrected chi connectivity index (χ3v) is 3.05. The molecule has 20 heavy (non-hydrogen) atoms. The van der Waals surface area contributed by atoms with Gasteiger partial charge in [0.25, 0.3) is 11.6 Å². The average Bonchev–Trinajstić information content (AvgIpc) is 2.36. The number of anilines is 1. The standard InChI is InChI=1S/C9H13N5O5S/c10-13-6-1-2-8(14(16)17)7(5-6)9(15)12-3-4-20(11,18)19/h1-2,5,13H,3-4,10H2,(H,12,15)(H2,11,18,19). The fourth-order valence-corrected chi connectivity index (χ4v) is 1.76. The molecule has 0 spiro atoms. The zero-order valence-corrected chi connectivity index (χ0v) is 11.0. The molecule has 11 heteroatoms. The van der Waals surface area contributed by atoms with Crippen molar-refractivity contribution in [3.63, 3.8) is 0 Å². The van der Waals surface area contributed by atoms with Crippen LogP contribution in [0.15, 0.2) is 18.2 Å². The number of carbonyl (C=O) groups excluding carboxylic acids is 1. The van der Waals surface area contributed by atoms with Gasteiger partial charge in [-0.2, -0.15) is 0 Å². The summed E-state index contributed by atoms with van der Waals surface area (Å²) in [7, 11) is -3.72. The number of benzene rings is 1. The van der Waals surface area contributed by atoms with Crippen molar-refractivity contribution in [3.05, 3.63) is 33.9 Å². The van der Waals surface area contributed by atoms with Crippen LogP contribution in [-0.4, -0.2) is 31.5 Å². The number of nitrogens with one attached hydrogen (secondary N) is 2. The maximum atomic E-state index is 11.8. The largest absolute Gasteiger partial charge is 0.351 e. The van der Waals surface area contributed by atoms with Crippen molar-refractivity contribution in [2.24, 2.45) is 11.0 Å². The number of hydrogen-bond acceptors (Lipinski definition) is 7. The Kier molecular flexibility index (Phi) is 4.96. The Bertz CT molecular complexity index is 630. The van der Waals surface area contributed by atoms with Crippen molar-refractivity contribution in [2.75, 3.05) is 17.7 Å².